The molecule has 2 fully saturated rings. The summed E-state index contributed by atoms with van der Waals surface area (Å²) in [5.74, 6) is 0.929. The van der Waals surface area contributed by atoms with Crippen molar-refractivity contribution in [2.75, 3.05) is 20.2 Å². The molecule has 0 unspecified atom stereocenters. The van der Waals surface area contributed by atoms with Crippen LogP contribution in [0.2, 0.25) is 0 Å². The first-order valence-corrected chi connectivity index (χ1v) is 7.46. The summed E-state index contributed by atoms with van der Waals surface area (Å²) < 4.78 is 0. The Morgan fingerprint density at radius 2 is 1.71 bits per heavy atom. The fraction of sp³-hybridized carbons (Fsp3) is 1.00. The van der Waals surface area contributed by atoms with E-state index in [-0.39, 0.29) is 5.41 Å². The number of aliphatic hydroxyl groups excluding tert-OH is 1. The van der Waals surface area contributed by atoms with E-state index in [2.05, 4.69) is 18.9 Å². The highest BCUT2D eigenvalue weighted by Crippen LogP contribution is 2.39. The fourth-order valence-electron chi connectivity index (χ4n) is 3.83. The van der Waals surface area contributed by atoms with Gasteiger partial charge in [0.15, 0.2) is 0 Å². The molecule has 100 valence electrons. The van der Waals surface area contributed by atoms with Crippen LogP contribution < -0.4 is 0 Å². The highest BCUT2D eigenvalue weighted by Gasteiger charge is 2.36. The van der Waals surface area contributed by atoms with E-state index in [1.54, 1.807) is 0 Å². The maximum Gasteiger partial charge on any atom is 0.0499 e. The van der Waals surface area contributed by atoms with Crippen LogP contribution in [0.25, 0.3) is 0 Å². The van der Waals surface area contributed by atoms with Gasteiger partial charge in [-0.25, -0.2) is 0 Å². The summed E-state index contributed by atoms with van der Waals surface area (Å²) in [6.45, 7) is 3.88. The van der Waals surface area contributed by atoms with E-state index in [1.165, 1.54) is 51.4 Å². The lowest BCUT2D eigenvalue weighted by molar-refractivity contribution is 0.0586. The van der Waals surface area contributed by atoms with Gasteiger partial charge >= 0.3 is 0 Å². The maximum absolute atomic E-state index is 9.68. The molecule has 0 heterocycles. The van der Waals surface area contributed by atoms with Gasteiger partial charge in [-0.2, -0.15) is 0 Å². The summed E-state index contributed by atoms with van der Waals surface area (Å²) in [7, 11) is 2.27. The second-order valence-corrected chi connectivity index (χ2v) is 6.69. The molecule has 17 heavy (non-hydrogen) atoms. The van der Waals surface area contributed by atoms with E-state index in [0.717, 1.165) is 18.5 Å². The Labute approximate surface area is 106 Å². The minimum atomic E-state index is 0.234. The van der Waals surface area contributed by atoms with Gasteiger partial charge in [0.25, 0.3) is 0 Å². The third-order valence-electron chi connectivity index (χ3n) is 5.19. The first-order chi connectivity index (χ1) is 8.15. The van der Waals surface area contributed by atoms with Gasteiger partial charge in [0, 0.05) is 24.6 Å². The standard InChI is InChI=1S/C15H29NO/c1-13-5-7-14(8-6-13)16(2)11-15(12-17)9-3-4-10-15/h13-14,17H,3-12H2,1-2H3. The average molecular weight is 239 g/mol. The molecule has 0 aromatic heterocycles. The van der Waals surface area contributed by atoms with Gasteiger partial charge in [-0.3, -0.25) is 0 Å². The molecule has 1 N–H and O–H groups in total. The van der Waals surface area contributed by atoms with Crippen LogP contribution >= 0.6 is 0 Å². The van der Waals surface area contributed by atoms with Crippen molar-refractivity contribution in [2.45, 2.75) is 64.3 Å². The molecule has 0 radical (unpaired) electrons. The number of hydrogen-bond donors (Lipinski definition) is 1. The van der Waals surface area contributed by atoms with Gasteiger partial charge in [0.2, 0.25) is 0 Å². The van der Waals surface area contributed by atoms with Crippen LogP contribution in [0.15, 0.2) is 0 Å². The molecule has 2 aliphatic rings. The zero-order chi connectivity index (χ0) is 12.3. The Morgan fingerprint density at radius 3 is 2.24 bits per heavy atom. The Balaban J connectivity index is 1.85. The largest absolute Gasteiger partial charge is 0.396 e. The van der Waals surface area contributed by atoms with Crippen molar-refractivity contribution in [2.24, 2.45) is 11.3 Å². The van der Waals surface area contributed by atoms with Crippen molar-refractivity contribution >= 4 is 0 Å². The van der Waals surface area contributed by atoms with Crippen LogP contribution in [0, 0.1) is 11.3 Å². The van der Waals surface area contributed by atoms with Gasteiger partial charge in [-0.05, 0) is 51.5 Å². The van der Waals surface area contributed by atoms with E-state index in [1.807, 2.05) is 0 Å². The van der Waals surface area contributed by atoms with Crippen molar-refractivity contribution in [3.63, 3.8) is 0 Å². The van der Waals surface area contributed by atoms with Crippen LogP contribution in [0.5, 0.6) is 0 Å². The Hall–Kier alpha value is -0.0800. The van der Waals surface area contributed by atoms with E-state index in [4.69, 9.17) is 0 Å². The SMILES string of the molecule is CC1CCC(N(C)CC2(CO)CCCC2)CC1. The van der Waals surface area contributed by atoms with Crippen LogP contribution in [-0.2, 0) is 0 Å². The minimum Gasteiger partial charge on any atom is -0.396 e. The zero-order valence-corrected chi connectivity index (χ0v) is 11.6. The number of rotatable bonds is 4. The Kier molecular flexibility index (Phi) is 4.48. The average Bonchev–Trinajstić information content (AvgIpc) is 2.79. The topological polar surface area (TPSA) is 23.5 Å². The second-order valence-electron chi connectivity index (χ2n) is 6.69. The smallest absolute Gasteiger partial charge is 0.0499 e. The lowest BCUT2D eigenvalue weighted by Gasteiger charge is -2.39. The van der Waals surface area contributed by atoms with E-state index in [9.17, 15) is 5.11 Å². The molecule has 0 aliphatic heterocycles. The molecule has 2 rings (SSSR count). The van der Waals surface area contributed by atoms with Crippen molar-refractivity contribution in [3.8, 4) is 0 Å². The highest BCUT2D eigenvalue weighted by molar-refractivity contribution is 4.88. The third-order valence-corrected chi connectivity index (χ3v) is 5.19. The van der Waals surface area contributed by atoms with E-state index >= 15 is 0 Å². The minimum absolute atomic E-state index is 0.234. The van der Waals surface area contributed by atoms with Gasteiger partial charge in [0.05, 0.1) is 0 Å². The molecule has 0 bridgehead atoms. The lowest BCUT2D eigenvalue weighted by atomic mass is 9.83. The van der Waals surface area contributed by atoms with Crippen molar-refractivity contribution < 1.29 is 5.11 Å². The van der Waals surface area contributed by atoms with Gasteiger partial charge < -0.3 is 10.0 Å². The molecule has 0 spiro atoms. The molecule has 0 aromatic rings. The third kappa shape index (κ3) is 3.23. The molecule has 2 aliphatic carbocycles. The van der Waals surface area contributed by atoms with Crippen molar-refractivity contribution in [1.82, 2.24) is 4.90 Å². The molecular weight excluding hydrogens is 210 g/mol. The number of nitrogens with zero attached hydrogens (tertiary/aromatic N) is 1. The predicted molar refractivity (Wildman–Crippen MR) is 72.0 cm³/mol. The van der Waals surface area contributed by atoms with Crippen LogP contribution in [-0.4, -0.2) is 36.2 Å². The predicted octanol–water partition coefficient (Wildman–Crippen LogP) is 3.05. The summed E-state index contributed by atoms with van der Waals surface area (Å²) in [6, 6.07) is 0.773. The molecule has 2 heteroatoms. The summed E-state index contributed by atoms with van der Waals surface area (Å²) in [5.41, 5.74) is 0.234. The van der Waals surface area contributed by atoms with Crippen LogP contribution in [0.3, 0.4) is 0 Å². The molecule has 0 atom stereocenters. The molecule has 2 saturated carbocycles. The molecule has 0 saturated heterocycles. The summed E-state index contributed by atoms with van der Waals surface area (Å²) in [6.07, 6.45) is 10.6. The van der Waals surface area contributed by atoms with E-state index in [0.29, 0.717) is 6.61 Å². The molecule has 0 amide bonds. The van der Waals surface area contributed by atoms with Gasteiger partial charge in [-0.15, -0.1) is 0 Å². The molecule has 0 aromatic carbocycles. The lowest BCUT2D eigenvalue weighted by Crippen LogP contribution is -2.43. The number of hydrogen-bond acceptors (Lipinski definition) is 2. The normalized spacial score (nSPS) is 33.2. The maximum atomic E-state index is 9.68. The fourth-order valence-corrected chi connectivity index (χ4v) is 3.83. The molecule has 2 nitrogen and oxygen atoms in total. The van der Waals surface area contributed by atoms with E-state index < -0.39 is 0 Å². The van der Waals surface area contributed by atoms with Crippen LogP contribution in [0.1, 0.15) is 58.3 Å². The van der Waals surface area contributed by atoms with Crippen molar-refractivity contribution in [1.29, 1.82) is 0 Å². The summed E-state index contributed by atoms with van der Waals surface area (Å²) in [5, 5.41) is 9.68. The van der Waals surface area contributed by atoms with Gasteiger partial charge in [0.1, 0.15) is 0 Å². The Morgan fingerprint density at radius 1 is 1.12 bits per heavy atom. The monoisotopic (exact) mass is 239 g/mol. The second kappa shape index (κ2) is 5.71. The Bertz CT molecular complexity index is 227. The summed E-state index contributed by atoms with van der Waals surface area (Å²) >= 11 is 0. The first kappa shape index (κ1) is 13.4. The quantitative estimate of drug-likeness (QED) is 0.815. The van der Waals surface area contributed by atoms with Crippen LogP contribution in [0.4, 0.5) is 0 Å². The first-order valence-electron chi connectivity index (χ1n) is 7.46. The summed E-state index contributed by atoms with van der Waals surface area (Å²) in [4.78, 5) is 2.55. The molecular formula is C15H29NO. The van der Waals surface area contributed by atoms with Crippen molar-refractivity contribution in [3.05, 3.63) is 0 Å². The highest BCUT2D eigenvalue weighted by atomic mass is 16.3. The number of aliphatic hydroxyl groups is 1. The zero-order valence-electron chi connectivity index (χ0n) is 11.6. The van der Waals surface area contributed by atoms with Gasteiger partial charge in [-0.1, -0.05) is 19.8 Å².